The van der Waals surface area contributed by atoms with E-state index in [1.54, 1.807) is 0 Å². The number of carbonyl (C=O) groups is 1. The lowest BCUT2D eigenvalue weighted by Gasteiger charge is -2.40. The lowest BCUT2D eigenvalue weighted by Crippen LogP contribution is -2.40. The van der Waals surface area contributed by atoms with Crippen molar-refractivity contribution in [3.05, 3.63) is 53.6 Å². The van der Waals surface area contributed by atoms with Gasteiger partial charge in [-0.05, 0) is 37.3 Å². The number of benzene rings is 2. The van der Waals surface area contributed by atoms with Gasteiger partial charge in [-0.2, -0.15) is 0 Å². The molecule has 27 heavy (non-hydrogen) atoms. The maximum Gasteiger partial charge on any atom is 0.264 e. The highest BCUT2D eigenvalue weighted by Crippen LogP contribution is 2.59. The van der Waals surface area contributed by atoms with E-state index in [1.165, 1.54) is 0 Å². The van der Waals surface area contributed by atoms with Gasteiger partial charge in [0.25, 0.3) is 5.91 Å². The minimum absolute atomic E-state index is 0.00683. The summed E-state index contributed by atoms with van der Waals surface area (Å²) in [5, 5.41) is 0.996. The van der Waals surface area contributed by atoms with Crippen LogP contribution in [0.1, 0.15) is 15.9 Å². The number of nitrogens with zero attached hydrogens (tertiary/aromatic N) is 3. The highest BCUT2D eigenvalue weighted by molar-refractivity contribution is 8.18. The Kier molecular flexibility index (Phi) is 4.85. The van der Waals surface area contributed by atoms with Crippen molar-refractivity contribution in [3.8, 4) is 0 Å². The van der Waals surface area contributed by atoms with Gasteiger partial charge < -0.3 is 9.64 Å². The third kappa shape index (κ3) is 3.01. The maximum atomic E-state index is 13.5. The Bertz CT molecular complexity index is 923. The van der Waals surface area contributed by atoms with Crippen LogP contribution in [0.5, 0.6) is 0 Å². The number of aryl methyl sites for hydroxylation is 1. The van der Waals surface area contributed by atoms with E-state index in [-0.39, 0.29) is 5.91 Å². The fraction of sp³-hybridized carbons (Fsp3) is 0.350. The number of hydrogen-bond acceptors (Lipinski definition) is 4. The van der Waals surface area contributed by atoms with Crippen LogP contribution in [0.15, 0.2) is 42.5 Å². The summed E-state index contributed by atoms with van der Waals surface area (Å²) in [6.07, 6.45) is -2.44. The van der Waals surface area contributed by atoms with E-state index >= 15 is 0 Å². The summed E-state index contributed by atoms with van der Waals surface area (Å²) in [5.74, 6) is 0.00683. The molecule has 0 radical (unpaired) electrons. The first kappa shape index (κ1) is 18.6. The number of rotatable bonds is 3. The molecule has 1 amide bonds. The maximum absolute atomic E-state index is 13.5. The molecule has 2 aliphatic rings. The molecule has 0 unspecified atom stereocenters. The van der Waals surface area contributed by atoms with Crippen molar-refractivity contribution >= 4 is 40.7 Å². The van der Waals surface area contributed by atoms with E-state index < -0.39 is 6.34 Å². The van der Waals surface area contributed by atoms with Crippen LogP contribution in [-0.2, 0) is 16.5 Å². The SMILES string of the molecule is Cc1ccc(N2C(=O)c3cc(N(C)C)ccc3[P@]2(=S)N2CCOCC2)cc1. The average molecular weight is 401 g/mol. The van der Waals surface area contributed by atoms with Crippen molar-refractivity contribution in [3.63, 3.8) is 0 Å². The Morgan fingerprint density at radius 2 is 1.74 bits per heavy atom. The van der Waals surface area contributed by atoms with Crippen molar-refractivity contribution in [2.24, 2.45) is 0 Å². The number of carbonyl (C=O) groups excluding carboxylic acids is 1. The Balaban J connectivity index is 1.89. The van der Waals surface area contributed by atoms with E-state index in [4.69, 9.17) is 16.5 Å². The monoisotopic (exact) mass is 401 g/mol. The van der Waals surface area contributed by atoms with Crippen molar-refractivity contribution in [1.29, 1.82) is 0 Å². The van der Waals surface area contributed by atoms with Crippen molar-refractivity contribution in [1.82, 2.24) is 4.67 Å². The number of amides is 1. The second-order valence-corrected chi connectivity index (χ2v) is 11.2. The molecule has 0 aromatic heterocycles. The number of fused-ring (bicyclic) bond motifs is 1. The average Bonchev–Trinajstić information content (AvgIpc) is 2.91. The molecule has 2 aromatic carbocycles. The van der Waals surface area contributed by atoms with Crippen LogP contribution >= 0.6 is 6.34 Å². The van der Waals surface area contributed by atoms with Gasteiger partial charge in [-0.15, -0.1) is 0 Å². The normalized spacial score (nSPS) is 22.8. The lowest BCUT2D eigenvalue weighted by atomic mass is 10.1. The summed E-state index contributed by atoms with van der Waals surface area (Å²) in [6, 6.07) is 14.2. The molecule has 1 saturated heterocycles. The van der Waals surface area contributed by atoms with E-state index in [0.29, 0.717) is 13.2 Å². The van der Waals surface area contributed by atoms with Gasteiger partial charge in [0.1, 0.15) is 6.34 Å². The molecule has 5 nitrogen and oxygen atoms in total. The topological polar surface area (TPSA) is 36.0 Å². The van der Waals surface area contributed by atoms with Crippen molar-refractivity contribution in [2.45, 2.75) is 6.92 Å². The Hall–Kier alpha value is -1.72. The van der Waals surface area contributed by atoms with Gasteiger partial charge in [-0.1, -0.05) is 29.5 Å². The lowest BCUT2D eigenvalue weighted by molar-refractivity contribution is 0.0747. The fourth-order valence-electron chi connectivity index (χ4n) is 3.64. The molecular weight excluding hydrogens is 377 g/mol. The van der Waals surface area contributed by atoms with Crippen LogP contribution < -0.4 is 14.9 Å². The van der Waals surface area contributed by atoms with Crippen LogP contribution in [0.3, 0.4) is 0 Å². The third-order valence-corrected chi connectivity index (χ3v) is 10.1. The number of ether oxygens (including phenoxy) is 1. The van der Waals surface area contributed by atoms with E-state index in [1.807, 2.05) is 60.9 Å². The molecule has 7 heteroatoms. The molecule has 142 valence electrons. The zero-order chi connectivity index (χ0) is 19.2. The minimum atomic E-state index is -2.44. The highest BCUT2D eigenvalue weighted by atomic mass is 32.4. The Labute approximate surface area is 165 Å². The third-order valence-electron chi connectivity index (χ3n) is 5.15. The molecule has 0 spiro atoms. The zero-order valence-electron chi connectivity index (χ0n) is 15.9. The molecule has 0 saturated carbocycles. The van der Waals surface area contributed by atoms with Gasteiger partial charge in [0.15, 0.2) is 0 Å². The predicted octanol–water partition coefficient (Wildman–Crippen LogP) is 2.99. The van der Waals surface area contributed by atoms with Crippen LogP contribution in [0.25, 0.3) is 0 Å². The minimum Gasteiger partial charge on any atom is -0.379 e. The zero-order valence-corrected chi connectivity index (χ0v) is 17.6. The van der Waals surface area contributed by atoms with Gasteiger partial charge in [0, 0.05) is 43.9 Å². The first-order chi connectivity index (χ1) is 12.9. The number of hydrogen-bond donors (Lipinski definition) is 0. The summed E-state index contributed by atoms with van der Waals surface area (Å²) in [6.45, 7) is 4.86. The van der Waals surface area contributed by atoms with Crippen LogP contribution in [0, 0.1) is 6.92 Å². The second kappa shape index (κ2) is 7.02. The van der Waals surface area contributed by atoms with Gasteiger partial charge in [-0.3, -0.25) is 14.1 Å². The van der Waals surface area contributed by atoms with Crippen LogP contribution in [-0.4, -0.2) is 51.0 Å². The largest absolute Gasteiger partial charge is 0.379 e. The molecule has 2 aromatic rings. The summed E-state index contributed by atoms with van der Waals surface area (Å²) in [7, 11) is 3.97. The molecule has 2 aliphatic heterocycles. The first-order valence-electron chi connectivity index (χ1n) is 9.09. The van der Waals surface area contributed by atoms with E-state index in [0.717, 1.165) is 40.9 Å². The van der Waals surface area contributed by atoms with Crippen molar-refractivity contribution in [2.75, 3.05) is 50.0 Å². The molecule has 0 bridgehead atoms. The van der Waals surface area contributed by atoms with Gasteiger partial charge in [0.05, 0.1) is 18.8 Å². The summed E-state index contributed by atoms with van der Waals surface area (Å²) in [5.41, 5.74) is 3.79. The van der Waals surface area contributed by atoms with Crippen LogP contribution in [0.2, 0.25) is 0 Å². The van der Waals surface area contributed by atoms with E-state index in [9.17, 15) is 4.79 Å². The summed E-state index contributed by atoms with van der Waals surface area (Å²) >= 11 is 6.34. The number of morpholine rings is 1. The standard InChI is InChI=1S/C20H24N3O2PS/c1-15-4-6-16(7-5-15)23-20(24)18-14-17(21(2)3)8-9-19(18)26(23,27)22-10-12-25-13-11-22/h4-9,14H,10-13H2,1-3H3/t26-/m0/s1. The predicted molar refractivity (Wildman–Crippen MR) is 115 cm³/mol. The molecule has 1 atom stereocenters. The second-order valence-electron chi connectivity index (χ2n) is 7.16. The van der Waals surface area contributed by atoms with Gasteiger partial charge >= 0.3 is 0 Å². The van der Waals surface area contributed by atoms with Gasteiger partial charge in [0.2, 0.25) is 0 Å². The number of anilines is 2. The van der Waals surface area contributed by atoms with Gasteiger partial charge in [-0.25, -0.2) is 0 Å². The smallest absolute Gasteiger partial charge is 0.264 e. The van der Waals surface area contributed by atoms with E-state index in [2.05, 4.69) is 16.8 Å². The quantitative estimate of drug-likeness (QED) is 0.739. The summed E-state index contributed by atoms with van der Waals surface area (Å²) in [4.78, 5) is 15.5. The molecule has 0 aliphatic carbocycles. The first-order valence-corrected chi connectivity index (χ1v) is 11.8. The highest BCUT2D eigenvalue weighted by Gasteiger charge is 2.47. The Morgan fingerprint density at radius 3 is 2.37 bits per heavy atom. The molecule has 2 heterocycles. The van der Waals surface area contributed by atoms with Crippen LogP contribution in [0.4, 0.5) is 11.4 Å². The fourth-order valence-corrected chi connectivity index (χ4v) is 8.13. The Morgan fingerprint density at radius 1 is 1.07 bits per heavy atom. The molecule has 1 fully saturated rings. The molecular formula is C20H24N3O2PS. The molecule has 4 rings (SSSR count). The summed E-state index contributed by atoms with van der Waals surface area (Å²) < 4.78 is 9.73. The van der Waals surface area contributed by atoms with Crippen molar-refractivity contribution < 1.29 is 9.53 Å². The molecule has 0 N–H and O–H groups in total.